The molecule has 8 heteroatoms. The van der Waals surface area contributed by atoms with Crippen molar-refractivity contribution in [2.75, 3.05) is 13.1 Å². The minimum Gasteiger partial charge on any atom is -0.340 e. The highest BCUT2D eigenvalue weighted by Crippen LogP contribution is 2.46. The Balaban J connectivity index is 1.39. The number of aromatic nitrogens is 4. The van der Waals surface area contributed by atoms with Crippen LogP contribution in [0.25, 0.3) is 11.5 Å². The first-order chi connectivity index (χ1) is 15.0. The van der Waals surface area contributed by atoms with E-state index in [4.69, 9.17) is 9.51 Å². The van der Waals surface area contributed by atoms with E-state index in [1.165, 1.54) is 25.0 Å². The second-order valence-corrected chi connectivity index (χ2v) is 8.93. The largest absolute Gasteiger partial charge is 0.340 e. The van der Waals surface area contributed by atoms with Gasteiger partial charge in [-0.25, -0.2) is 4.39 Å². The van der Waals surface area contributed by atoms with Gasteiger partial charge in [0.1, 0.15) is 12.4 Å². The average Bonchev–Trinajstić information content (AvgIpc) is 3.25. The molecule has 0 radical (unpaired) electrons. The van der Waals surface area contributed by atoms with E-state index in [0.717, 1.165) is 31.5 Å². The smallest absolute Gasteiger partial charge is 0.257 e. The number of likely N-dealkylation sites (tertiary alicyclic amines) is 1. The molecule has 31 heavy (non-hydrogen) atoms. The number of rotatable bonds is 6. The van der Waals surface area contributed by atoms with E-state index >= 15 is 0 Å². The van der Waals surface area contributed by atoms with Gasteiger partial charge in [0.2, 0.25) is 5.91 Å². The molecule has 7 nitrogen and oxygen atoms in total. The molecule has 1 unspecified atom stereocenters. The molecule has 5 rings (SSSR count). The first-order valence-electron chi connectivity index (χ1n) is 10.9. The zero-order valence-electron chi connectivity index (χ0n) is 17.6. The quantitative estimate of drug-likeness (QED) is 0.604. The third-order valence-corrected chi connectivity index (χ3v) is 6.37. The van der Waals surface area contributed by atoms with Crippen molar-refractivity contribution in [3.63, 3.8) is 0 Å². The molecule has 0 N–H and O–H groups in total. The number of piperidine rings is 1. The minimum atomic E-state index is -0.309. The molecule has 2 fully saturated rings. The molecule has 1 saturated heterocycles. The number of hydrogen-bond acceptors (Lipinski definition) is 5. The van der Waals surface area contributed by atoms with Crippen molar-refractivity contribution in [2.24, 2.45) is 5.92 Å². The van der Waals surface area contributed by atoms with Gasteiger partial charge in [0, 0.05) is 24.8 Å². The molecule has 1 aliphatic heterocycles. The lowest BCUT2D eigenvalue weighted by molar-refractivity contribution is -0.134. The number of carbonyl (C=O) groups is 1. The third-order valence-electron chi connectivity index (χ3n) is 6.37. The molecule has 1 atom stereocenters. The van der Waals surface area contributed by atoms with E-state index in [1.807, 2.05) is 24.1 Å². The number of hydrogen-bond donors (Lipinski definition) is 0. The van der Waals surface area contributed by atoms with Crippen LogP contribution in [0.4, 0.5) is 4.39 Å². The average molecular weight is 423 g/mol. The maximum Gasteiger partial charge on any atom is 0.257 e. The summed E-state index contributed by atoms with van der Waals surface area (Å²) >= 11 is 0. The second-order valence-electron chi connectivity index (χ2n) is 8.93. The van der Waals surface area contributed by atoms with Crippen LogP contribution < -0.4 is 0 Å². The Labute approximate surface area is 180 Å². The molecule has 1 aliphatic carbocycles. The summed E-state index contributed by atoms with van der Waals surface area (Å²) in [5.74, 6) is 1.45. The van der Waals surface area contributed by atoms with E-state index in [0.29, 0.717) is 29.7 Å². The molecule has 2 aromatic heterocycles. The van der Waals surface area contributed by atoms with Crippen LogP contribution in [0.3, 0.4) is 0 Å². The van der Waals surface area contributed by atoms with E-state index in [9.17, 15) is 9.18 Å². The Morgan fingerprint density at radius 1 is 1.26 bits per heavy atom. The van der Waals surface area contributed by atoms with Gasteiger partial charge in [0.15, 0.2) is 5.82 Å². The summed E-state index contributed by atoms with van der Waals surface area (Å²) in [5, 5.41) is 8.68. The van der Waals surface area contributed by atoms with Gasteiger partial charge in [-0.2, -0.15) is 10.1 Å². The number of amides is 1. The first-order valence-corrected chi connectivity index (χ1v) is 10.9. The predicted octanol–water partition coefficient (Wildman–Crippen LogP) is 3.74. The minimum absolute atomic E-state index is 0.0604. The first kappa shape index (κ1) is 19.9. The Kier molecular flexibility index (Phi) is 5.08. The van der Waals surface area contributed by atoms with Crippen LogP contribution >= 0.6 is 0 Å². The lowest BCUT2D eigenvalue weighted by Crippen LogP contribution is -2.50. The molecule has 0 spiro atoms. The Hall–Kier alpha value is -3.03. The van der Waals surface area contributed by atoms with Gasteiger partial charge in [-0.15, -0.1) is 0 Å². The maximum absolute atomic E-state index is 13.3. The van der Waals surface area contributed by atoms with Gasteiger partial charge in [-0.1, -0.05) is 18.0 Å². The molecular formula is C23H26FN5O2. The fourth-order valence-electron chi connectivity index (χ4n) is 4.60. The predicted molar refractivity (Wildman–Crippen MR) is 111 cm³/mol. The van der Waals surface area contributed by atoms with Crippen LogP contribution in [0.2, 0.25) is 0 Å². The lowest BCUT2D eigenvalue weighted by Gasteiger charge is -2.41. The van der Waals surface area contributed by atoms with E-state index in [2.05, 4.69) is 10.3 Å². The van der Waals surface area contributed by atoms with E-state index < -0.39 is 0 Å². The molecule has 1 aromatic carbocycles. The van der Waals surface area contributed by atoms with E-state index in [-0.39, 0.29) is 23.7 Å². The molecule has 0 bridgehead atoms. The van der Waals surface area contributed by atoms with Crippen LogP contribution in [0, 0.1) is 18.7 Å². The standard InChI is InChI=1S/C23H26FN5O2/c1-16-9-12-29(26-16)14-20(30)28-11-2-10-23(15-28,13-17-3-4-17)22-25-21(31-27-22)18-5-7-19(24)8-6-18/h5-9,12,17H,2-4,10-11,13-15H2,1H3. The van der Waals surface area contributed by atoms with Crippen LogP contribution in [0.5, 0.6) is 0 Å². The van der Waals surface area contributed by atoms with Crippen molar-refractivity contribution in [1.29, 1.82) is 0 Å². The van der Waals surface area contributed by atoms with Gasteiger partial charge >= 0.3 is 0 Å². The molecule has 1 saturated carbocycles. The summed E-state index contributed by atoms with van der Waals surface area (Å²) in [6.07, 6.45) is 7.05. The van der Waals surface area contributed by atoms with Crippen molar-refractivity contribution < 1.29 is 13.7 Å². The summed E-state index contributed by atoms with van der Waals surface area (Å²) in [4.78, 5) is 19.7. The highest BCUT2D eigenvalue weighted by molar-refractivity contribution is 5.76. The van der Waals surface area contributed by atoms with Crippen LogP contribution in [-0.4, -0.2) is 43.8 Å². The van der Waals surface area contributed by atoms with Crippen molar-refractivity contribution in [2.45, 2.75) is 51.0 Å². The van der Waals surface area contributed by atoms with Crippen molar-refractivity contribution in [3.8, 4) is 11.5 Å². The Bertz CT molecular complexity index is 1070. The summed E-state index contributed by atoms with van der Waals surface area (Å²) in [6.45, 7) is 3.47. The second kappa shape index (κ2) is 7.90. The summed E-state index contributed by atoms with van der Waals surface area (Å²) < 4.78 is 20.5. The van der Waals surface area contributed by atoms with Gasteiger partial charge < -0.3 is 9.42 Å². The maximum atomic E-state index is 13.3. The summed E-state index contributed by atoms with van der Waals surface area (Å²) in [5.41, 5.74) is 1.28. The van der Waals surface area contributed by atoms with Gasteiger partial charge in [-0.3, -0.25) is 9.48 Å². The zero-order valence-corrected chi connectivity index (χ0v) is 17.6. The SMILES string of the molecule is Cc1ccn(CC(=O)N2CCCC(CC3CC3)(c3noc(-c4ccc(F)cc4)n3)C2)n1. The number of aryl methyl sites for hydroxylation is 1. The fourth-order valence-corrected chi connectivity index (χ4v) is 4.60. The molecule has 162 valence electrons. The van der Waals surface area contributed by atoms with E-state index in [1.54, 1.807) is 16.8 Å². The number of halogens is 1. The van der Waals surface area contributed by atoms with Crippen LogP contribution in [-0.2, 0) is 16.8 Å². The number of benzene rings is 1. The molecule has 1 amide bonds. The topological polar surface area (TPSA) is 77.0 Å². The van der Waals surface area contributed by atoms with Crippen LogP contribution in [0.15, 0.2) is 41.1 Å². The van der Waals surface area contributed by atoms with Gasteiger partial charge in [-0.05, 0) is 62.4 Å². The lowest BCUT2D eigenvalue weighted by atomic mass is 9.75. The normalized spacial score (nSPS) is 21.4. The monoisotopic (exact) mass is 423 g/mol. The van der Waals surface area contributed by atoms with Crippen molar-refractivity contribution >= 4 is 5.91 Å². The summed E-state index contributed by atoms with van der Waals surface area (Å²) in [7, 11) is 0. The van der Waals surface area contributed by atoms with Gasteiger partial charge in [0.25, 0.3) is 5.89 Å². The van der Waals surface area contributed by atoms with Gasteiger partial charge in [0.05, 0.1) is 11.1 Å². The highest BCUT2D eigenvalue weighted by atomic mass is 19.1. The third kappa shape index (κ3) is 4.24. The Morgan fingerprint density at radius 3 is 2.77 bits per heavy atom. The number of nitrogens with zero attached hydrogens (tertiary/aromatic N) is 5. The highest BCUT2D eigenvalue weighted by Gasteiger charge is 2.45. The van der Waals surface area contributed by atoms with Crippen molar-refractivity contribution in [1.82, 2.24) is 24.8 Å². The van der Waals surface area contributed by atoms with Crippen LogP contribution in [0.1, 0.15) is 43.6 Å². The summed E-state index contributed by atoms with van der Waals surface area (Å²) in [6, 6.07) is 7.96. The molecule has 3 aromatic rings. The van der Waals surface area contributed by atoms with Crippen molar-refractivity contribution in [3.05, 3.63) is 53.9 Å². The zero-order chi connectivity index (χ0) is 21.4. The molecule has 2 aliphatic rings. The number of carbonyl (C=O) groups excluding carboxylic acids is 1. The molecule has 3 heterocycles. The Morgan fingerprint density at radius 2 is 2.06 bits per heavy atom. The molecular weight excluding hydrogens is 397 g/mol. The fraction of sp³-hybridized carbons (Fsp3) is 0.478.